The zero-order valence-corrected chi connectivity index (χ0v) is 25.5. The largest absolute Gasteiger partial charge is 0.487 e. The number of benzene rings is 2. The van der Waals surface area contributed by atoms with Gasteiger partial charge < -0.3 is 13.9 Å². The zero-order chi connectivity index (χ0) is 26.3. The second-order valence-electron chi connectivity index (χ2n) is 11.5. The van der Waals surface area contributed by atoms with E-state index >= 15 is 0 Å². The average molecular weight is 624 g/mol. The highest BCUT2D eigenvalue weighted by Gasteiger charge is 2.57. The van der Waals surface area contributed by atoms with Crippen LogP contribution in [0.4, 0.5) is 0 Å². The first-order chi connectivity index (χ1) is 16.9. The number of carbonyl (C=O) groups excluding carboxylic acids is 1. The number of halogens is 1. The van der Waals surface area contributed by atoms with Crippen LogP contribution < -0.4 is 4.74 Å². The summed E-state index contributed by atoms with van der Waals surface area (Å²) >= 11 is 2.30. The van der Waals surface area contributed by atoms with E-state index in [1.54, 1.807) is 5.06 Å². The number of para-hydroxylation sites is 1. The monoisotopic (exact) mass is 623 g/mol. The molecule has 0 radical (unpaired) electrons. The van der Waals surface area contributed by atoms with Crippen LogP contribution in [-0.4, -0.2) is 44.2 Å². The lowest BCUT2D eigenvalue weighted by molar-refractivity contribution is -0.195. The van der Waals surface area contributed by atoms with Crippen LogP contribution in [0.3, 0.4) is 0 Å². The molecule has 2 aromatic carbocycles. The van der Waals surface area contributed by atoms with Crippen LogP contribution in [0.1, 0.15) is 44.4 Å². The van der Waals surface area contributed by atoms with Gasteiger partial charge in [-0.2, -0.15) is 5.06 Å². The van der Waals surface area contributed by atoms with Crippen molar-refractivity contribution in [1.82, 2.24) is 5.06 Å². The molecule has 196 valence electrons. The molecule has 8 heteroatoms. The standard InChI is InChI=1S/C28H38INO5Si/c1-18-11-13-20(14-12-18)16-32-26-21(9-8-10-22(26)29)15-30-25-24(19(2)34-27(25)31)23(35-30)17-33-36(6,7)28(3,4)5/h8-14,19,23-25H,15-17H2,1-7H3/t19-,23-,24+,25-/m0/s1. The Hall–Kier alpha value is -1.46. The maximum absolute atomic E-state index is 12.9. The van der Waals surface area contributed by atoms with Gasteiger partial charge in [0.05, 0.1) is 22.6 Å². The van der Waals surface area contributed by atoms with Crippen LogP contribution >= 0.6 is 22.6 Å². The van der Waals surface area contributed by atoms with Crippen molar-refractivity contribution in [2.75, 3.05) is 6.61 Å². The molecule has 0 bridgehead atoms. The molecule has 2 heterocycles. The van der Waals surface area contributed by atoms with Crippen molar-refractivity contribution >= 4 is 36.9 Å². The highest BCUT2D eigenvalue weighted by molar-refractivity contribution is 14.1. The predicted octanol–water partition coefficient (Wildman–Crippen LogP) is 6.25. The Morgan fingerprint density at radius 2 is 1.81 bits per heavy atom. The summed E-state index contributed by atoms with van der Waals surface area (Å²) in [5.41, 5.74) is 3.31. The molecule has 2 saturated heterocycles. The predicted molar refractivity (Wildman–Crippen MR) is 151 cm³/mol. The van der Waals surface area contributed by atoms with Crippen molar-refractivity contribution in [3.05, 3.63) is 62.7 Å². The number of esters is 1. The number of fused-ring (bicyclic) bond motifs is 1. The molecule has 0 N–H and O–H groups in total. The van der Waals surface area contributed by atoms with E-state index in [9.17, 15) is 4.79 Å². The maximum Gasteiger partial charge on any atom is 0.326 e. The molecule has 2 fully saturated rings. The summed E-state index contributed by atoms with van der Waals surface area (Å²) in [7, 11) is -1.96. The lowest BCUT2D eigenvalue weighted by Crippen LogP contribution is -2.44. The Labute approximate surface area is 229 Å². The second kappa shape index (κ2) is 10.7. The molecule has 36 heavy (non-hydrogen) atoms. The third-order valence-electron chi connectivity index (χ3n) is 7.75. The highest BCUT2D eigenvalue weighted by Crippen LogP contribution is 2.42. The minimum Gasteiger partial charge on any atom is -0.487 e. The van der Waals surface area contributed by atoms with E-state index in [0.717, 1.165) is 20.4 Å². The van der Waals surface area contributed by atoms with Crippen LogP contribution in [-0.2, 0) is 31.9 Å². The van der Waals surface area contributed by atoms with Gasteiger partial charge in [0.1, 0.15) is 30.6 Å². The van der Waals surface area contributed by atoms with Gasteiger partial charge in [-0.1, -0.05) is 62.7 Å². The molecule has 2 aliphatic heterocycles. The van der Waals surface area contributed by atoms with E-state index in [0.29, 0.717) is 19.8 Å². The quantitative estimate of drug-likeness (QED) is 0.197. The number of aryl methyl sites for hydroxylation is 1. The van der Waals surface area contributed by atoms with Crippen molar-refractivity contribution in [3.8, 4) is 5.75 Å². The van der Waals surface area contributed by atoms with Crippen LogP contribution in [0.15, 0.2) is 42.5 Å². The maximum atomic E-state index is 12.9. The number of ether oxygens (including phenoxy) is 2. The molecule has 4 atom stereocenters. The van der Waals surface area contributed by atoms with Gasteiger partial charge in [-0.3, -0.25) is 9.63 Å². The molecule has 0 aliphatic carbocycles. The Morgan fingerprint density at radius 1 is 1.11 bits per heavy atom. The first-order valence-corrected chi connectivity index (χ1v) is 16.6. The van der Waals surface area contributed by atoms with E-state index in [1.807, 2.05) is 25.1 Å². The lowest BCUT2D eigenvalue weighted by atomic mass is 9.93. The van der Waals surface area contributed by atoms with Gasteiger partial charge in [-0.25, -0.2) is 0 Å². The third kappa shape index (κ3) is 5.82. The highest BCUT2D eigenvalue weighted by atomic mass is 127. The van der Waals surface area contributed by atoms with Crippen LogP contribution in [0.25, 0.3) is 0 Å². The van der Waals surface area contributed by atoms with E-state index in [2.05, 4.69) is 87.6 Å². The summed E-state index contributed by atoms with van der Waals surface area (Å²) in [6.45, 7) is 16.5. The second-order valence-corrected chi connectivity index (χ2v) is 17.4. The van der Waals surface area contributed by atoms with Crippen molar-refractivity contribution in [1.29, 1.82) is 0 Å². The first-order valence-electron chi connectivity index (χ1n) is 12.6. The number of nitrogens with zero attached hydrogens (tertiary/aromatic N) is 1. The minimum atomic E-state index is -1.96. The smallest absolute Gasteiger partial charge is 0.326 e. The Balaban J connectivity index is 1.51. The number of rotatable bonds is 8. The van der Waals surface area contributed by atoms with Crippen molar-refractivity contribution < 1.29 is 23.5 Å². The number of cyclic esters (lactones) is 1. The average Bonchev–Trinajstić information content (AvgIpc) is 3.30. The lowest BCUT2D eigenvalue weighted by Gasteiger charge is -2.37. The number of carbonyl (C=O) groups is 1. The number of hydrogen-bond donors (Lipinski definition) is 0. The number of hydroxylamine groups is 2. The normalized spacial score (nSPS) is 24.6. The summed E-state index contributed by atoms with van der Waals surface area (Å²) < 4.78 is 19.5. The van der Waals surface area contributed by atoms with Crippen LogP contribution in [0.2, 0.25) is 18.1 Å². The van der Waals surface area contributed by atoms with Crippen LogP contribution in [0, 0.1) is 16.4 Å². The molecular weight excluding hydrogens is 585 g/mol. The molecule has 0 amide bonds. The van der Waals surface area contributed by atoms with Crippen molar-refractivity contribution in [2.45, 2.75) is 84.2 Å². The fourth-order valence-corrected chi connectivity index (χ4v) is 6.23. The van der Waals surface area contributed by atoms with Gasteiger partial charge in [0.2, 0.25) is 0 Å². The third-order valence-corrected chi connectivity index (χ3v) is 13.1. The molecule has 0 aromatic heterocycles. The molecule has 6 nitrogen and oxygen atoms in total. The van der Waals surface area contributed by atoms with Gasteiger partial charge in [0.15, 0.2) is 8.32 Å². The van der Waals surface area contributed by atoms with Crippen molar-refractivity contribution in [2.24, 2.45) is 5.92 Å². The van der Waals surface area contributed by atoms with Crippen molar-refractivity contribution in [3.63, 3.8) is 0 Å². The Kier molecular flexibility index (Phi) is 8.21. The summed E-state index contributed by atoms with van der Waals surface area (Å²) in [5, 5.41) is 1.89. The van der Waals surface area contributed by atoms with Gasteiger partial charge in [-0.05, 0) is 66.2 Å². The minimum absolute atomic E-state index is 0.0676. The van der Waals surface area contributed by atoms with Gasteiger partial charge in [-0.15, -0.1) is 0 Å². The fraction of sp³-hybridized carbons (Fsp3) is 0.536. The van der Waals surface area contributed by atoms with E-state index in [-0.39, 0.29) is 29.1 Å². The Morgan fingerprint density at radius 3 is 2.47 bits per heavy atom. The van der Waals surface area contributed by atoms with Crippen LogP contribution in [0.5, 0.6) is 5.75 Å². The molecule has 0 unspecified atom stereocenters. The molecule has 0 spiro atoms. The molecule has 4 rings (SSSR count). The fourth-order valence-electron chi connectivity index (χ4n) is 4.50. The van der Waals surface area contributed by atoms with E-state index in [4.69, 9.17) is 18.7 Å². The van der Waals surface area contributed by atoms with Gasteiger partial charge in [0.25, 0.3) is 0 Å². The summed E-state index contributed by atoms with van der Waals surface area (Å²) in [5.74, 6) is 0.524. The zero-order valence-electron chi connectivity index (χ0n) is 22.3. The molecular formula is C28H38INO5Si. The summed E-state index contributed by atoms with van der Waals surface area (Å²) in [4.78, 5) is 19.3. The molecule has 0 saturated carbocycles. The SMILES string of the molecule is Cc1ccc(COc2c(I)cccc2CN2O[C@@H](CO[Si](C)(C)C(C)(C)C)[C@H]3[C@H](C)OC(=O)[C@H]32)cc1. The molecule has 2 aromatic rings. The van der Waals surface area contributed by atoms with Gasteiger partial charge >= 0.3 is 5.97 Å². The summed E-state index contributed by atoms with van der Waals surface area (Å²) in [6.07, 6.45) is -0.445. The van der Waals surface area contributed by atoms with Gasteiger partial charge in [0, 0.05) is 5.56 Å². The van der Waals surface area contributed by atoms with E-state index < -0.39 is 14.4 Å². The first kappa shape index (κ1) is 27.6. The topological polar surface area (TPSA) is 57.2 Å². The Bertz CT molecular complexity index is 1080. The number of hydrogen-bond acceptors (Lipinski definition) is 6. The summed E-state index contributed by atoms with van der Waals surface area (Å²) in [6, 6.07) is 14.0. The van der Waals surface area contributed by atoms with E-state index in [1.165, 1.54) is 5.56 Å². The molecule has 2 aliphatic rings.